The van der Waals surface area contributed by atoms with Crippen LogP contribution >= 0.6 is 64.8 Å². The molecule has 0 spiro atoms. The first-order valence-corrected chi connectivity index (χ1v) is 25.3. The van der Waals surface area contributed by atoms with Crippen LogP contribution in [0.3, 0.4) is 0 Å². The molecule has 1 atom stereocenters. The number of rotatable bonds is 28. The molecule has 0 bridgehead atoms. The number of aliphatic carboxylic acids is 2. The van der Waals surface area contributed by atoms with Crippen LogP contribution in [-0.4, -0.2) is 83.7 Å². The van der Waals surface area contributed by atoms with Gasteiger partial charge in [-0.2, -0.15) is 0 Å². The largest absolute Gasteiger partial charge is 0.481 e. The lowest BCUT2D eigenvalue weighted by molar-refractivity contribution is -0.144. The maximum absolute atomic E-state index is 12.1. The molecule has 0 aromatic rings. The van der Waals surface area contributed by atoms with Gasteiger partial charge in [-0.1, -0.05) is 149 Å². The number of amides is 1. The first-order valence-electron chi connectivity index (χ1n) is 16.4. The number of Topliss-reactive ketones (excluding diaryl/α,β-unsaturated/α-hetero) is 2. The molecule has 0 aliphatic carbocycles. The summed E-state index contributed by atoms with van der Waals surface area (Å²) in [7, 11) is 10.6. The summed E-state index contributed by atoms with van der Waals surface area (Å²) in [6.07, 6.45) is 28.6. The van der Waals surface area contributed by atoms with Gasteiger partial charge >= 0.3 is 11.9 Å². The van der Waals surface area contributed by atoms with Crippen LogP contribution < -0.4 is 5.32 Å². The van der Waals surface area contributed by atoms with Gasteiger partial charge in [0.1, 0.15) is 11.6 Å². The molecule has 3 N–H and O–H groups in total. The number of carbonyl (C=O) groups is 5. The Hall–Kier alpha value is -0.150. The van der Waals surface area contributed by atoms with E-state index in [2.05, 4.69) is 42.9 Å². The summed E-state index contributed by atoms with van der Waals surface area (Å²) in [5.74, 6) is -3.23. The van der Waals surface area contributed by atoms with Crippen LogP contribution in [0.5, 0.6) is 0 Å². The van der Waals surface area contributed by atoms with Gasteiger partial charge in [-0.25, -0.2) is 0 Å². The summed E-state index contributed by atoms with van der Waals surface area (Å²) in [4.78, 5) is 56.5. The maximum atomic E-state index is 12.1. The van der Waals surface area contributed by atoms with Crippen molar-refractivity contribution in [2.24, 2.45) is 5.92 Å². The predicted molar refractivity (Wildman–Crippen MR) is 223 cm³/mol. The zero-order valence-electron chi connectivity index (χ0n) is 30.1. The SMILES string of the molecule is C.CC(=O)CNC(=O)CC[C@H](CC(=O)CCCCCCCCCCCCCCCCC(=O)O)C(=O)O.CSSC.CSSC.CSSC. The molecule has 0 aliphatic heterocycles. The predicted octanol–water partition coefficient (Wildman–Crippen LogP) is 11.0. The first kappa shape index (κ1) is 57.2. The lowest BCUT2D eigenvalue weighted by atomic mass is 9.94. The van der Waals surface area contributed by atoms with Crippen molar-refractivity contribution in [2.45, 2.75) is 136 Å². The van der Waals surface area contributed by atoms with Crippen LogP contribution in [0.15, 0.2) is 0 Å². The highest BCUT2D eigenvalue weighted by atomic mass is 33.1. The van der Waals surface area contributed by atoms with E-state index in [1.165, 1.54) is 51.9 Å². The van der Waals surface area contributed by atoms with Crippen LogP contribution in [0.2, 0.25) is 0 Å². The minimum absolute atomic E-state index is 0. The standard InChI is InChI=1S/C27H47NO7.3C2H6S2.CH4/c1-22(29)21-28-25(31)19-18-23(27(34)35)20-24(30)16-14-12-10-8-6-4-2-3-5-7-9-11-13-15-17-26(32)33;3*1-3-4-2;/h23H,2-21H2,1H3,(H,28,31)(H,32,33)(H,34,35);3*1-2H3;1H4/t23-;;;;/m1..../s1. The summed E-state index contributed by atoms with van der Waals surface area (Å²) in [6, 6.07) is 0. The number of carboxylic acid groups (broad SMARTS) is 2. The van der Waals surface area contributed by atoms with Crippen molar-refractivity contribution in [3.8, 4) is 0 Å². The first-order chi connectivity index (χ1) is 22.5. The third-order valence-corrected chi connectivity index (χ3v) is 10.7. The Morgan fingerprint density at radius 3 is 1.17 bits per heavy atom. The fourth-order valence-electron chi connectivity index (χ4n) is 4.03. The van der Waals surface area contributed by atoms with Gasteiger partial charge in [0.25, 0.3) is 0 Å². The van der Waals surface area contributed by atoms with Crippen molar-refractivity contribution >= 4 is 94.2 Å². The second kappa shape index (κ2) is 49.0. The lowest BCUT2D eigenvalue weighted by Gasteiger charge is -2.11. The molecular weight excluding hydrogens is 727 g/mol. The summed E-state index contributed by atoms with van der Waals surface area (Å²) >= 11 is 0. The molecule has 1 amide bonds. The molecule has 0 fully saturated rings. The van der Waals surface area contributed by atoms with Gasteiger partial charge in [0.2, 0.25) is 5.91 Å². The molecule has 0 aromatic carbocycles. The molecule has 288 valence electrons. The Morgan fingerprint density at radius 2 is 0.875 bits per heavy atom. The van der Waals surface area contributed by atoms with E-state index in [0.717, 1.165) is 44.9 Å². The van der Waals surface area contributed by atoms with Crippen molar-refractivity contribution in [1.29, 1.82) is 0 Å². The summed E-state index contributed by atoms with van der Waals surface area (Å²) < 4.78 is 0. The Kier molecular flexibility index (Phi) is 58.3. The Labute approximate surface area is 318 Å². The second-order valence-electron chi connectivity index (χ2n) is 10.6. The van der Waals surface area contributed by atoms with Crippen LogP contribution in [0.25, 0.3) is 0 Å². The van der Waals surface area contributed by atoms with Gasteiger partial charge in [-0.05, 0) is 63.7 Å². The zero-order chi connectivity index (χ0) is 36.6. The van der Waals surface area contributed by atoms with E-state index < -0.39 is 17.9 Å². The fourth-order valence-corrected chi connectivity index (χ4v) is 4.03. The maximum Gasteiger partial charge on any atom is 0.306 e. The molecule has 8 nitrogen and oxygen atoms in total. The molecule has 0 aliphatic rings. The van der Waals surface area contributed by atoms with E-state index in [1.807, 2.05) is 0 Å². The minimum Gasteiger partial charge on any atom is -0.481 e. The van der Waals surface area contributed by atoms with Crippen molar-refractivity contribution in [2.75, 3.05) is 44.1 Å². The minimum atomic E-state index is -1.06. The van der Waals surface area contributed by atoms with Gasteiger partial charge in [-0.15, -0.1) is 0 Å². The van der Waals surface area contributed by atoms with Crippen molar-refractivity contribution in [3.05, 3.63) is 0 Å². The number of carbonyl (C=O) groups excluding carboxylic acids is 3. The molecule has 0 saturated heterocycles. The van der Waals surface area contributed by atoms with Crippen LogP contribution in [-0.2, 0) is 24.0 Å². The highest BCUT2D eigenvalue weighted by Crippen LogP contribution is 2.17. The molecule has 14 heteroatoms. The molecular formula is C34H69NO7S6. The highest BCUT2D eigenvalue weighted by Gasteiger charge is 2.22. The molecule has 0 heterocycles. The summed E-state index contributed by atoms with van der Waals surface area (Å²) in [5, 5.41) is 20.3. The fraction of sp³-hybridized carbons (Fsp3) is 0.853. The van der Waals surface area contributed by atoms with Gasteiger partial charge < -0.3 is 15.5 Å². The summed E-state index contributed by atoms with van der Waals surface area (Å²) in [6.45, 7) is 1.30. The van der Waals surface area contributed by atoms with E-state index in [1.54, 1.807) is 64.8 Å². The van der Waals surface area contributed by atoms with E-state index in [4.69, 9.17) is 5.11 Å². The second-order valence-corrected chi connectivity index (χ2v) is 18.6. The number of hydrogen-bond donors (Lipinski definition) is 3. The molecule has 0 unspecified atom stereocenters. The highest BCUT2D eigenvalue weighted by molar-refractivity contribution is 8.76. The van der Waals surface area contributed by atoms with Crippen LogP contribution in [0.1, 0.15) is 136 Å². The van der Waals surface area contributed by atoms with Gasteiger partial charge in [0.15, 0.2) is 0 Å². The van der Waals surface area contributed by atoms with Gasteiger partial charge in [0, 0.05) is 25.7 Å². The quantitative estimate of drug-likeness (QED) is 0.0512. The zero-order valence-corrected chi connectivity index (χ0v) is 35.0. The average molecular weight is 796 g/mol. The Bertz CT molecular complexity index is 733. The number of hydrogen-bond acceptors (Lipinski definition) is 11. The molecule has 0 saturated carbocycles. The van der Waals surface area contributed by atoms with Crippen molar-refractivity contribution in [3.63, 3.8) is 0 Å². The van der Waals surface area contributed by atoms with Gasteiger partial charge in [0.05, 0.1) is 12.5 Å². The third-order valence-electron chi connectivity index (χ3n) is 6.67. The number of nitrogens with one attached hydrogen (secondary N) is 1. The summed E-state index contributed by atoms with van der Waals surface area (Å²) in [5.41, 5.74) is 0. The van der Waals surface area contributed by atoms with Crippen molar-refractivity contribution in [1.82, 2.24) is 5.32 Å². The van der Waals surface area contributed by atoms with E-state index in [-0.39, 0.29) is 57.1 Å². The number of unbranched alkanes of at least 4 members (excludes halogenated alkanes) is 13. The topological polar surface area (TPSA) is 138 Å². The number of ketones is 2. The van der Waals surface area contributed by atoms with E-state index in [9.17, 15) is 29.1 Å². The monoisotopic (exact) mass is 795 g/mol. The molecule has 0 radical (unpaired) electrons. The third kappa shape index (κ3) is 58.1. The van der Waals surface area contributed by atoms with E-state index >= 15 is 0 Å². The van der Waals surface area contributed by atoms with E-state index in [0.29, 0.717) is 6.42 Å². The van der Waals surface area contributed by atoms with Gasteiger partial charge in [-0.3, -0.25) is 24.0 Å². The van der Waals surface area contributed by atoms with Crippen molar-refractivity contribution < 1.29 is 34.2 Å². The molecule has 0 aromatic heterocycles. The molecule has 48 heavy (non-hydrogen) atoms. The Balaban J connectivity index is -0.000000404. The lowest BCUT2D eigenvalue weighted by Crippen LogP contribution is -2.29. The average Bonchev–Trinajstić information content (AvgIpc) is 3.05. The normalized spacial score (nSPS) is 10.4. The molecule has 0 rings (SSSR count). The smallest absolute Gasteiger partial charge is 0.306 e. The van der Waals surface area contributed by atoms with Crippen LogP contribution in [0.4, 0.5) is 0 Å². The number of carboxylic acids is 2. The van der Waals surface area contributed by atoms with Crippen LogP contribution in [0, 0.1) is 5.92 Å². The Morgan fingerprint density at radius 1 is 0.542 bits per heavy atom.